The van der Waals surface area contributed by atoms with Gasteiger partial charge in [0, 0.05) is 20.1 Å². The summed E-state index contributed by atoms with van der Waals surface area (Å²) in [7, 11) is 1.79. The van der Waals surface area contributed by atoms with Crippen molar-refractivity contribution in [2.45, 2.75) is 51.4 Å². The van der Waals surface area contributed by atoms with E-state index < -0.39 is 0 Å². The Bertz CT molecular complexity index is 492. The minimum Gasteiger partial charge on any atom is -0.324 e. The molecule has 3 rings (SSSR count). The van der Waals surface area contributed by atoms with Crippen molar-refractivity contribution in [2.75, 3.05) is 18.4 Å². The Morgan fingerprint density at radius 3 is 2.62 bits per heavy atom. The summed E-state index contributed by atoms with van der Waals surface area (Å²) in [5.74, 6) is 0.388. The van der Waals surface area contributed by atoms with Gasteiger partial charge in [-0.2, -0.15) is 0 Å². The maximum atomic E-state index is 12.3. The topological polar surface area (TPSA) is 63.1 Å². The van der Waals surface area contributed by atoms with Gasteiger partial charge in [-0.3, -0.25) is 10.00 Å². The molecule has 0 aromatic carbocycles. The van der Waals surface area contributed by atoms with Gasteiger partial charge in [0.15, 0.2) is 0 Å². The fourth-order valence-electron chi connectivity index (χ4n) is 3.83. The number of urea groups is 1. The van der Waals surface area contributed by atoms with Crippen LogP contribution in [0.4, 0.5) is 10.7 Å². The summed E-state index contributed by atoms with van der Waals surface area (Å²) in [6.07, 6.45) is 12.0. The van der Waals surface area contributed by atoms with Gasteiger partial charge in [0.1, 0.15) is 6.33 Å². The van der Waals surface area contributed by atoms with Gasteiger partial charge in [-0.25, -0.2) is 9.78 Å². The second kappa shape index (κ2) is 6.03. The van der Waals surface area contributed by atoms with Crippen LogP contribution in [0.1, 0.15) is 51.4 Å². The molecule has 0 atom stereocenters. The molecule has 1 aromatic heterocycles. The van der Waals surface area contributed by atoms with E-state index in [1.807, 2.05) is 4.90 Å². The maximum Gasteiger partial charge on any atom is 0.324 e. The summed E-state index contributed by atoms with van der Waals surface area (Å²) >= 11 is 0. The number of anilines is 1. The second-order valence-electron chi connectivity index (χ2n) is 6.57. The number of amides is 2. The Morgan fingerprint density at radius 1 is 1.14 bits per heavy atom. The molecule has 1 saturated heterocycles. The van der Waals surface area contributed by atoms with E-state index in [0.29, 0.717) is 11.4 Å². The van der Waals surface area contributed by atoms with Gasteiger partial charge in [-0.1, -0.05) is 19.3 Å². The van der Waals surface area contributed by atoms with Gasteiger partial charge in [0.2, 0.25) is 5.95 Å². The quantitative estimate of drug-likeness (QED) is 0.865. The first kappa shape index (κ1) is 14.4. The van der Waals surface area contributed by atoms with Crippen molar-refractivity contribution in [1.82, 2.24) is 19.7 Å². The molecule has 21 heavy (non-hydrogen) atoms. The molecule has 2 fully saturated rings. The Morgan fingerprint density at radius 2 is 1.90 bits per heavy atom. The molecule has 6 heteroatoms. The number of likely N-dealkylation sites (tertiary alicyclic amines) is 1. The van der Waals surface area contributed by atoms with Crippen LogP contribution in [0.25, 0.3) is 0 Å². The molecule has 1 aliphatic carbocycles. The predicted molar refractivity (Wildman–Crippen MR) is 81.0 cm³/mol. The second-order valence-corrected chi connectivity index (χ2v) is 6.57. The first-order valence-corrected chi connectivity index (χ1v) is 8.09. The monoisotopic (exact) mass is 291 g/mol. The van der Waals surface area contributed by atoms with E-state index in [4.69, 9.17) is 0 Å². The molecule has 1 saturated carbocycles. The van der Waals surface area contributed by atoms with Crippen LogP contribution in [0, 0.1) is 5.41 Å². The first-order chi connectivity index (χ1) is 10.2. The highest BCUT2D eigenvalue weighted by Crippen LogP contribution is 2.44. The van der Waals surface area contributed by atoms with Gasteiger partial charge in [-0.05, 0) is 37.5 Å². The maximum absolute atomic E-state index is 12.3. The van der Waals surface area contributed by atoms with Crippen LogP contribution in [0.5, 0.6) is 0 Å². The third-order valence-corrected chi connectivity index (χ3v) is 5.07. The zero-order valence-electron chi connectivity index (χ0n) is 12.8. The molecule has 0 unspecified atom stereocenters. The molecule has 6 nitrogen and oxygen atoms in total. The van der Waals surface area contributed by atoms with E-state index >= 15 is 0 Å². The summed E-state index contributed by atoms with van der Waals surface area (Å²) in [5, 5.41) is 6.89. The third kappa shape index (κ3) is 3.36. The molecule has 1 aromatic rings. The molecule has 0 radical (unpaired) electrons. The molecule has 2 aliphatic rings. The smallest absolute Gasteiger partial charge is 0.324 e. The van der Waals surface area contributed by atoms with Crippen LogP contribution in [0.15, 0.2) is 6.33 Å². The predicted octanol–water partition coefficient (Wildman–Crippen LogP) is 2.78. The van der Waals surface area contributed by atoms with Gasteiger partial charge in [-0.15, -0.1) is 5.10 Å². The van der Waals surface area contributed by atoms with Crippen molar-refractivity contribution < 1.29 is 4.79 Å². The van der Waals surface area contributed by atoms with E-state index in [0.717, 1.165) is 25.9 Å². The van der Waals surface area contributed by atoms with Crippen LogP contribution in [0.3, 0.4) is 0 Å². The molecule has 116 valence electrons. The van der Waals surface area contributed by atoms with E-state index in [9.17, 15) is 4.79 Å². The number of nitrogens with one attached hydrogen (secondary N) is 1. The molecule has 2 heterocycles. The summed E-state index contributed by atoms with van der Waals surface area (Å²) in [6.45, 7) is 1.71. The highest BCUT2D eigenvalue weighted by Gasteiger charge is 2.34. The zero-order valence-corrected chi connectivity index (χ0v) is 12.8. The van der Waals surface area contributed by atoms with Gasteiger partial charge >= 0.3 is 6.03 Å². The van der Waals surface area contributed by atoms with E-state index in [2.05, 4.69) is 15.4 Å². The van der Waals surface area contributed by atoms with Crippen molar-refractivity contribution in [1.29, 1.82) is 0 Å². The van der Waals surface area contributed by atoms with Gasteiger partial charge in [0.25, 0.3) is 0 Å². The lowest BCUT2D eigenvalue weighted by molar-refractivity contribution is 0.159. The number of hydrogen-bond donors (Lipinski definition) is 1. The highest BCUT2D eigenvalue weighted by molar-refractivity contribution is 5.87. The number of hydrogen-bond acceptors (Lipinski definition) is 3. The first-order valence-electron chi connectivity index (χ1n) is 8.09. The van der Waals surface area contributed by atoms with Crippen molar-refractivity contribution in [3.8, 4) is 0 Å². The number of aromatic nitrogens is 3. The minimum absolute atomic E-state index is 0.0611. The fourth-order valence-corrected chi connectivity index (χ4v) is 3.83. The summed E-state index contributed by atoms with van der Waals surface area (Å²) in [5.41, 5.74) is 0.510. The van der Waals surface area contributed by atoms with Crippen LogP contribution in [-0.2, 0) is 7.05 Å². The number of nitrogens with zero attached hydrogens (tertiary/aromatic N) is 4. The summed E-state index contributed by atoms with van der Waals surface area (Å²) in [4.78, 5) is 18.3. The van der Waals surface area contributed by atoms with Crippen molar-refractivity contribution in [3.63, 3.8) is 0 Å². The molecule has 2 amide bonds. The van der Waals surface area contributed by atoms with Crippen LogP contribution in [0.2, 0.25) is 0 Å². The van der Waals surface area contributed by atoms with E-state index in [-0.39, 0.29) is 6.03 Å². The van der Waals surface area contributed by atoms with Crippen LogP contribution < -0.4 is 5.32 Å². The van der Waals surface area contributed by atoms with Crippen molar-refractivity contribution in [3.05, 3.63) is 6.33 Å². The van der Waals surface area contributed by atoms with Crippen LogP contribution >= 0.6 is 0 Å². The van der Waals surface area contributed by atoms with Gasteiger partial charge < -0.3 is 4.90 Å². The number of carbonyl (C=O) groups is 1. The average molecular weight is 291 g/mol. The minimum atomic E-state index is -0.0611. The van der Waals surface area contributed by atoms with Crippen molar-refractivity contribution in [2.24, 2.45) is 12.5 Å². The Balaban J connectivity index is 1.58. The lowest BCUT2D eigenvalue weighted by atomic mass is 9.69. The molecular formula is C15H25N5O. The lowest BCUT2D eigenvalue weighted by Gasteiger charge is -2.36. The Kier molecular flexibility index (Phi) is 4.12. The average Bonchev–Trinajstić information content (AvgIpc) is 2.77. The summed E-state index contributed by atoms with van der Waals surface area (Å²) in [6, 6.07) is -0.0611. The molecule has 0 bridgehead atoms. The van der Waals surface area contributed by atoms with E-state index in [1.165, 1.54) is 38.5 Å². The zero-order chi connectivity index (χ0) is 14.7. The largest absolute Gasteiger partial charge is 0.324 e. The number of rotatable bonds is 1. The Hall–Kier alpha value is -1.59. The highest BCUT2D eigenvalue weighted by atomic mass is 16.2. The standard InChI is InChI=1S/C15H25N5O/c1-19-12-16-13(18-19)17-14(21)20-10-5-8-15(9-11-20)6-3-2-4-7-15/h12H,2-11H2,1H3,(H,17,18,21). The lowest BCUT2D eigenvalue weighted by Crippen LogP contribution is -2.36. The number of aryl methyl sites for hydroxylation is 1. The van der Waals surface area contributed by atoms with Gasteiger partial charge in [0.05, 0.1) is 0 Å². The normalized spacial score (nSPS) is 22.0. The summed E-state index contributed by atoms with van der Waals surface area (Å²) < 4.78 is 1.59. The van der Waals surface area contributed by atoms with Crippen LogP contribution in [-0.4, -0.2) is 38.8 Å². The third-order valence-electron chi connectivity index (χ3n) is 5.07. The SMILES string of the molecule is Cn1cnc(NC(=O)N2CCCC3(CCCCC3)CC2)n1. The molecular weight excluding hydrogens is 266 g/mol. The number of carbonyl (C=O) groups excluding carboxylic acids is 1. The molecule has 1 aliphatic heterocycles. The van der Waals surface area contributed by atoms with E-state index in [1.54, 1.807) is 18.1 Å². The molecule has 1 N–H and O–H groups in total. The Labute approximate surface area is 125 Å². The van der Waals surface area contributed by atoms with Crippen molar-refractivity contribution >= 4 is 12.0 Å². The molecule has 1 spiro atoms. The fraction of sp³-hybridized carbons (Fsp3) is 0.800.